The first-order valence-corrected chi connectivity index (χ1v) is 11.2. The van der Waals surface area contributed by atoms with Crippen molar-refractivity contribution in [3.63, 3.8) is 0 Å². The minimum Gasteiger partial charge on any atom is -0.297 e. The van der Waals surface area contributed by atoms with Crippen LogP contribution in [0.2, 0.25) is 0 Å². The highest BCUT2D eigenvalue weighted by Crippen LogP contribution is 2.41. The number of likely N-dealkylation sites (tertiary alicyclic amines) is 1. The quantitative estimate of drug-likeness (QED) is 0.787. The summed E-state index contributed by atoms with van der Waals surface area (Å²) in [7, 11) is -3.58. The van der Waals surface area contributed by atoms with Crippen LogP contribution < -0.4 is 0 Å². The molecule has 5 nitrogen and oxygen atoms in total. The number of rotatable bonds is 4. The topological polar surface area (TPSA) is 53.5 Å². The number of pyridine rings is 1. The Labute approximate surface area is 166 Å². The molecule has 150 valence electrons. The average molecular weight is 404 g/mol. The third-order valence-electron chi connectivity index (χ3n) is 5.93. The third kappa shape index (κ3) is 3.97. The molecule has 28 heavy (non-hydrogen) atoms. The summed E-state index contributed by atoms with van der Waals surface area (Å²) in [6.07, 6.45) is 2.97. The maximum atomic E-state index is 13.2. The van der Waals surface area contributed by atoms with Gasteiger partial charge in [0.25, 0.3) is 0 Å². The van der Waals surface area contributed by atoms with E-state index < -0.39 is 15.8 Å². The molecule has 1 aromatic heterocycles. The van der Waals surface area contributed by atoms with Gasteiger partial charge < -0.3 is 0 Å². The summed E-state index contributed by atoms with van der Waals surface area (Å²) in [4.78, 5) is 7.18. The highest BCUT2D eigenvalue weighted by Gasteiger charge is 2.45. The van der Waals surface area contributed by atoms with Gasteiger partial charge in [0.05, 0.1) is 10.6 Å². The molecule has 1 unspecified atom stereocenters. The number of sulfonamides is 1. The molecule has 4 rings (SSSR count). The van der Waals surface area contributed by atoms with Crippen molar-refractivity contribution in [1.29, 1.82) is 0 Å². The first-order valence-electron chi connectivity index (χ1n) is 9.77. The van der Waals surface area contributed by atoms with Crippen molar-refractivity contribution >= 4 is 10.0 Å². The average Bonchev–Trinajstić information content (AvgIpc) is 3.06. The monoisotopic (exact) mass is 403 g/mol. The maximum Gasteiger partial charge on any atom is 0.243 e. The van der Waals surface area contributed by atoms with Gasteiger partial charge in [-0.2, -0.15) is 4.31 Å². The Kier molecular flexibility index (Phi) is 5.24. The van der Waals surface area contributed by atoms with E-state index in [-0.39, 0.29) is 10.3 Å². The number of hydrogen-bond acceptors (Lipinski definition) is 4. The van der Waals surface area contributed by atoms with Crippen LogP contribution in [0.1, 0.15) is 30.7 Å². The molecule has 0 saturated carbocycles. The second kappa shape index (κ2) is 7.54. The summed E-state index contributed by atoms with van der Waals surface area (Å²) >= 11 is 0. The lowest BCUT2D eigenvalue weighted by atomic mass is 9.79. The number of piperidine rings is 1. The summed E-state index contributed by atoms with van der Waals surface area (Å²) in [5.74, 6) is -0.426. The Hall–Kier alpha value is -1.83. The zero-order chi connectivity index (χ0) is 19.8. The number of nitrogens with zero attached hydrogens (tertiary/aromatic N) is 3. The van der Waals surface area contributed by atoms with E-state index in [9.17, 15) is 12.8 Å². The van der Waals surface area contributed by atoms with Crippen molar-refractivity contribution in [1.82, 2.24) is 14.2 Å². The largest absolute Gasteiger partial charge is 0.297 e. The van der Waals surface area contributed by atoms with Crippen LogP contribution in [0.3, 0.4) is 0 Å². The Morgan fingerprint density at radius 2 is 1.86 bits per heavy atom. The van der Waals surface area contributed by atoms with Gasteiger partial charge in [0.15, 0.2) is 0 Å². The van der Waals surface area contributed by atoms with E-state index in [0.29, 0.717) is 13.1 Å². The van der Waals surface area contributed by atoms with Gasteiger partial charge in [-0.1, -0.05) is 6.07 Å². The predicted molar refractivity (Wildman–Crippen MR) is 106 cm³/mol. The van der Waals surface area contributed by atoms with Crippen molar-refractivity contribution in [2.24, 2.45) is 5.41 Å². The van der Waals surface area contributed by atoms with Crippen LogP contribution >= 0.6 is 0 Å². The zero-order valence-corrected chi connectivity index (χ0v) is 17.0. The molecule has 2 saturated heterocycles. The number of hydrogen-bond donors (Lipinski definition) is 0. The summed E-state index contributed by atoms with van der Waals surface area (Å²) in [6.45, 7) is 5.76. The SMILES string of the molecule is Cc1cccc(CN2CCCC3(CCN(S(=O)(=O)c4ccc(F)cc4)C3)C2)n1. The van der Waals surface area contributed by atoms with Crippen LogP contribution in [0.5, 0.6) is 0 Å². The first-order chi connectivity index (χ1) is 13.4. The van der Waals surface area contributed by atoms with E-state index in [4.69, 9.17) is 0 Å². The maximum absolute atomic E-state index is 13.2. The van der Waals surface area contributed by atoms with Gasteiger partial charge in [-0.25, -0.2) is 12.8 Å². The molecule has 1 atom stereocenters. The van der Waals surface area contributed by atoms with E-state index in [1.807, 2.05) is 25.1 Å². The Morgan fingerprint density at radius 3 is 2.61 bits per heavy atom. The molecule has 0 radical (unpaired) electrons. The van der Waals surface area contributed by atoms with E-state index in [2.05, 4.69) is 9.88 Å². The molecular weight excluding hydrogens is 377 g/mol. The van der Waals surface area contributed by atoms with E-state index >= 15 is 0 Å². The first kappa shape index (κ1) is 19.5. The number of aryl methyl sites for hydroxylation is 1. The molecule has 0 amide bonds. The molecule has 1 spiro atoms. The predicted octanol–water partition coefficient (Wildman–Crippen LogP) is 3.21. The fourth-order valence-corrected chi connectivity index (χ4v) is 6.10. The molecule has 2 aromatic rings. The van der Waals surface area contributed by atoms with Gasteiger partial charge >= 0.3 is 0 Å². The molecule has 0 aliphatic carbocycles. The molecule has 2 fully saturated rings. The molecular formula is C21H26FN3O2S. The molecule has 7 heteroatoms. The summed E-state index contributed by atoms with van der Waals surface area (Å²) in [5, 5.41) is 0. The van der Waals surface area contributed by atoms with Gasteiger partial charge in [0.1, 0.15) is 5.82 Å². The second-order valence-corrected chi connectivity index (χ2v) is 10.1. The Morgan fingerprint density at radius 1 is 1.07 bits per heavy atom. The van der Waals surface area contributed by atoms with Gasteiger partial charge in [-0.3, -0.25) is 9.88 Å². The highest BCUT2D eigenvalue weighted by atomic mass is 32.2. The van der Waals surface area contributed by atoms with Crippen molar-refractivity contribution in [3.05, 3.63) is 59.7 Å². The van der Waals surface area contributed by atoms with Crippen LogP contribution in [0.4, 0.5) is 4.39 Å². The van der Waals surface area contributed by atoms with Crippen molar-refractivity contribution < 1.29 is 12.8 Å². The molecule has 2 aliphatic heterocycles. The minimum absolute atomic E-state index is 0.00479. The van der Waals surface area contributed by atoms with Crippen LogP contribution in [0.25, 0.3) is 0 Å². The third-order valence-corrected chi connectivity index (χ3v) is 7.79. The van der Waals surface area contributed by atoms with E-state index in [0.717, 1.165) is 50.3 Å². The van der Waals surface area contributed by atoms with Crippen molar-refractivity contribution in [3.8, 4) is 0 Å². The van der Waals surface area contributed by atoms with Gasteiger partial charge in [-0.15, -0.1) is 0 Å². The van der Waals surface area contributed by atoms with Crippen LogP contribution in [-0.4, -0.2) is 48.8 Å². The van der Waals surface area contributed by atoms with Crippen LogP contribution in [0.15, 0.2) is 47.4 Å². The second-order valence-electron chi connectivity index (χ2n) is 8.13. The molecule has 1 aromatic carbocycles. The smallest absolute Gasteiger partial charge is 0.243 e. The summed E-state index contributed by atoms with van der Waals surface area (Å²) < 4.78 is 40.7. The minimum atomic E-state index is -3.58. The fraction of sp³-hybridized carbons (Fsp3) is 0.476. The Bertz CT molecular complexity index is 948. The Balaban J connectivity index is 1.46. The summed E-state index contributed by atoms with van der Waals surface area (Å²) in [5.41, 5.74) is 2.07. The van der Waals surface area contributed by atoms with E-state index in [1.165, 1.54) is 24.3 Å². The number of halogens is 1. The summed E-state index contributed by atoms with van der Waals surface area (Å²) in [6, 6.07) is 11.2. The fourth-order valence-electron chi connectivity index (χ4n) is 4.55. The lowest BCUT2D eigenvalue weighted by Crippen LogP contribution is -2.45. The van der Waals surface area contributed by atoms with Gasteiger partial charge in [0, 0.05) is 31.9 Å². The zero-order valence-electron chi connectivity index (χ0n) is 16.1. The lowest BCUT2D eigenvalue weighted by molar-refractivity contribution is 0.0925. The van der Waals surface area contributed by atoms with Crippen LogP contribution in [0, 0.1) is 18.2 Å². The van der Waals surface area contributed by atoms with Crippen LogP contribution in [-0.2, 0) is 16.6 Å². The molecule has 0 bridgehead atoms. The van der Waals surface area contributed by atoms with E-state index in [1.54, 1.807) is 4.31 Å². The number of aromatic nitrogens is 1. The lowest BCUT2D eigenvalue weighted by Gasteiger charge is -2.40. The molecule has 0 N–H and O–H groups in total. The normalized spacial score (nSPS) is 24.1. The molecule has 3 heterocycles. The highest BCUT2D eigenvalue weighted by molar-refractivity contribution is 7.89. The van der Waals surface area contributed by atoms with Gasteiger partial charge in [0.2, 0.25) is 10.0 Å². The standard InChI is InChI=1S/C21H26FN3O2S/c1-17-4-2-5-19(23-17)14-24-12-3-10-21(15-24)11-13-25(16-21)28(26,27)20-8-6-18(22)7-9-20/h2,4-9H,3,10-16H2,1H3. The molecule has 2 aliphatic rings. The van der Waals surface area contributed by atoms with Crippen molar-refractivity contribution in [2.45, 2.75) is 37.6 Å². The number of benzene rings is 1. The van der Waals surface area contributed by atoms with Gasteiger partial charge in [-0.05, 0) is 74.5 Å². The van der Waals surface area contributed by atoms with Crippen molar-refractivity contribution in [2.75, 3.05) is 26.2 Å².